The summed E-state index contributed by atoms with van der Waals surface area (Å²) in [6, 6.07) is 12.5. The Morgan fingerprint density at radius 3 is 2.42 bits per heavy atom. The Labute approximate surface area is 232 Å². The smallest absolute Gasteiger partial charge is 0.264 e. The van der Waals surface area contributed by atoms with E-state index in [0.717, 1.165) is 55.4 Å². The molecule has 40 heavy (non-hydrogen) atoms. The average molecular weight is 545 g/mol. The summed E-state index contributed by atoms with van der Waals surface area (Å²) in [5.41, 5.74) is 3.33. The normalized spacial score (nSPS) is 23.2. The molecular weight excluding hydrogens is 512 g/mol. The van der Waals surface area contributed by atoms with Crippen LogP contribution in [0.5, 0.6) is 0 Å². The van der Waals surface area contributed by atoms with E-state index in [4.69, 9.17) is 4.84 Å². The summed E-state index contributed by atoms with van der Waals surface area (Å²) in [7, 11) is 0. The lowest BCUT2D eigenvalue weighted by atomic mass is 10.0. The maximum atomic E-state index is 13.3. The number of carbonyl (C=O) groups excluding carboxylic acids is 4. The van der Waals surface area contributed by atoms with Crippen molar-refractivity contribution in [3.63, 3.8) is 0 Å². The molecule has 0 aromatic heterocycles. The predicted octanol–water partition coefficient (Wildman–Crippen LogP) is 1.94. The van der Waals surface area contributed by atoms with Crippen LogP contribution in [0.15, 0.2) is 47.6 Å². The minimum atomic E-state index is -0.984. The number of piperidine rings is 1. The van der Waals surface area contributed by atoms with Crippen LogP contribution in [0.3, 0.4) is 0 Å². The van der Waals surface area contributed by atoms with Crippen LogP contribution in [0, 0.1) is 0 Å². The number of nitrogens with zero attached hydrogens (tertiary/aromatic N) is 4. The summed E-state index contributed by atoms with van der Waals surface area (Å²) >= 11 is 0. The highest BCUT2D eigenvalue weighted by Gasteiger charge is 2.45. The Bertz CT molecular complexity index is 1380. The van der Waals surface area contributed by atoms with Crippen molar-refractivity contribution >= 4 is 35.2 Å². The molecule has 4 aliphatic rings. The Balaban J connectivity index is 1.05. The number of amides is 4. The maximum Gasteiger partial charge on any atom is 0.264 e. The quantitative estimate of drug-likeness (QED) is 0.529. The zero-order valence-electron chi connectivity index (χ0n) is 22.4. The van der Waals surface area contributed by atoms with Gasteiger partial charge in [-0.1, -0.05) is 35.5 Å². The first-order valence-corrected chi connectivity index (χ1v) is 13.7. The molecule has 0 spiro atoms. The monoisotopic (exact) mass is 544 g/mol. The van der Waals surface area contributed by atoms with Crippen LogP contribution in [-0.4, -0.2) is 82.5 Å². The number of fused-ring (bicyclic) bond motifs is 1. The van der Waals surface area contributed by atoms with Gasteiger partial charge < -0.3 is 15.1 Å². The van der Waals surface area contributed by atoms with Crippen LogP contribution in [0.1, 0.15) is 58.0 Å². The van der Waals surface area contributed by atoms with Gasteiger partial charge in [-0.25, -0.2) is 0 Å². The van der Waals surface area contributed by atoms with Crippen LogP contribution < -0.4 is 10.6 Å². The maximum absolute atomic E-state index is 13.3. The molecule has 0 radical (unpaired) electrons. The van der Waals surface area contributed by atoms with Gasteiger partial charge >= 0.3 is 0 Å². The van der Waals surface area contributed by atoms with Gasteiger partial charge in [-0.3, -0.25) is 34.3 Å². The third-order valence-electron chi connectivity index (χ3n) is 7.93. The van der Waals surface area contributed by atoms with Crippen LogP contribution >= 0.6 is 0 Å². The minimum Gasteiger partial charge on any atom is -0.391 e. The Morgan fingerprint density at radius 1 is 0.975 bits per heavy atom. The minimum absolute atomic E-state index is 0.0889. The number of piperazine rings is 1. The topological polar surface area (TPSA) is 124 Å². The molecule has 11 heteroatoms. The number of rotatable bonds is 6. The van der Waals surface area contributed by atoms with Gasteiger partial charge in [0.05, 0.1) is 11.1 Å². The fraction of sp³-hybridized carbons (Fsp3) is 0.414. The summed E-state index contributed by atoms with van der Waals surface area (Å²) < 4.78 is 0. The average Bonchev–Trinajstić information content (AvgIpc) is 3.50. The molecule has 0 aliphatic carbocycles. The highest BCUT2D eigenvalue weighted by molar-refractivity contribution is 6.25. The van der Waals surface area contributed by atoms with Gasteiger partial charge in [0.15, 0.2) is 0 Å². The van der Waals surface area contributed by atoms with E-state index in [2.05, 4.69) is 49.9 Å². The van der Waals surface area contributed by atoms with Crippen LogP contribution in [0.2, 0.25) is 0 Å². The molecule has 2 fully saturated rings. The van der Waals surface area contributed by atoms with E-state index < -0.39 is 29.7 Å². The van der Waals surface area contributed by atoms with Crippen molar-refractivity contribution in [2.45, 2.75) is 51.4 Å². The number of amidine groups is 1. The molecular formula is C29H32N6O5. The molecule has 6 rings (SSSR count). The number of hydrogen-bond acceptors (Lipinski definition) is 9. The summed E-state index contributed by atoms with van der Waals surface area (Å²) in [5, 5.41) is 9.73. The van der Waals surface area contributed by atoms with Gasteiger partial charge in [-0.2, -0.15) is 0 Å². The molecule has 2 saturated heterocycles. The number of nitrogens with one attached hydrogen (secondary N) is 2. The van der Waals surface area contributed by atoms with E-state index in [1.165, 1.54) is 5.56 Å². The third kappa shape index (κ3) is 5.04. The van der Waals surface area contributed by atoms with Crippen LogP contribution in [0.4, 0.5) is 5.69 Å². The molecule has 2 aromatic carbocycles. The number of carbonyl (C=O) groups is 4. The van der Waals surface area contributed by atoms with Gasteiger partial charge in [-0.05, 0) is 36.6 Å². The molecule has 2 atom stereocenters. The fourth-order valence-electron chi connectivity index (χ4n) is 5.71. The summed E-state index contributed by atoms with van der Waals surface area (Å²) in [6.07, 6.45) is 1.26. The lowest BCUT2D eigenvalue weighted by Crippen LogP contribution is -2.54. The van der Waals surface area contributed by atoms with Crippen molar-refractivity contribution in [3.8, 4) is 0 Å². The molecule has 2 N–H and O–H groups in total. The second-order valence-corrected chi connectivity index (χ2v) is 10.7. The van der Waals surface area contributed by atoms with Crippen molar-refractivity contribution in [3.05, 3.63) is 64.7 Å². The highest BCUT2D eigenvalue weighted by Crippen LogP contribution is 2.32. The van der Waals surface area contributed by atoms with Gasteiger partial charge in [0.25, 0.3) is 11.8 Å². The standard InChI is InChI=1S/C29H32N6O5/c1-18-15-24(32-40-18)34-13-11-33(12-14-34)17-20-7-5-19(6-8-20)16-30-22-4-2-3-21-26(22)29(39)35(28(21)38)23-9-10-25(36)31-27(23)37/h2-8,18,23,30H,9-17H2,1H3,(H,31,36,37). The lowest BCUT2D eigenvalue weighted by Gasteiger charge is -2.35. The zero-order valence-corrected chi connectivity index (χ0v) is 22.4. The van der Waals surface area contributed by atoms with E-state index >= 15 is 0 Å². The second kappa shape index (κ2) is 10.7. The van der Waals surface area contributed by atoms with E-state index in [9.17, 15) is 19.2 Å². The first-order chi connectivity index (χ1) is 19.4. The van der Waals surface area contributed by atoms with E-state index in [-0.39, 0.29) is 30.1 Å². The Morgan fingerprint density at radius 2 is 1.73 bits per heavy atom. The third-order valence-corrected chi connectivity index (χ3v) is 7.93. The molecule has 4 aliphatic heterocycles. The lowest BCUT2D eigenvalue weighted by molar-refractivity contribution is -0.136. The molecule has 0 bridgehead atoms. The van der Waals surface area contributed by atoms with Crippen LogP contribution in [-0.2, 0) is 27.5 Å². The van der Waals surface area contributed by atoms with Gasteiger partial charge in [-0.15, -0.1) is 0 Å². The first kappa shape index (κ1) is 26.0. The van der Waals surface area contributed by atoms with Crippen molar-refractivity contribution in [1.82, 2.24) is 20.0 Å². The number of imide groups is 2. The van der Waals surface area contributed by atoms with E-state index in [1.54, 1.807) is 18.2 Å². The first-order valence-electron chi connectivity index (χ1n) is 13.7. The van der Waals surface area contributed by atoms with E-state index in [1.807, 2.05) is 6.92 Å². The molecule has 2 aromatic rings. The molecule has 2 unspecified atom stereocenters. The number of oxime groups is 1. The van der Waals surface area contributed by atoms with Gasteiger partial charge in [0, 0.05) is 57.8 Å². The SMILES string of the molecule is CC1CC(N2CCN(Cc3ccc(CNc4cccc5c4C(=O)N(C4CCC(=O)NC4=O)C5=O)cc3)CC2)=NO1. The van der Waals surface area contributed by atoms with Crippen molar-refractivity contribution in [1.29, 1.82) is 0 Å². The zero-order chi connectivity index (χ0) is 27.8. The summed E-state index contributed by atoms with van der Waals surface area (Å²) in [6.45, 7) is 7.21. The molecule has 11 nitrogen and oxygen atoms in total. The fourth-order valence-corrected chi connectivity index (χ4v) is 5.71. The number of anilines is 1. The molecule has 208 valence electrons. The van der Waals surface area contributed by atoms with E-state index in [0.29, 0.717) is 12.2 Å². The molecule has 4 heterocycles. The van der Waals surface area contributed by atoms with Gasteiger partial charge in [0.2, 0.25) is 11.8 Å². The molecule has 4 amide bonds. The molecule has 0 saturated carbocycles. The van der Waals surface area contributed by atoms with Crippen molar-refractivity contribution < 1.29 is 24.0 Å². The largest absolute Gasteiger partial charge is 0.391 e. The van der Waals surface area contributed by atoms with Crippen molar-refractivity contribution in [2.75, 3.05) is 31.5 Å². The predicted molar refractivity (Wildman–Crippen MR) is 146 cm³/mol. The second-order valence-electron chi connectivity index (χ2n) is 10.7. The Kier molecular flexibility index (Phi) is 6.97. The van der Waals surface area contributed by atoms with Crippen LogP contribution in [0.25, 0.3) is 0 Å². The number of benzene rings is 2. The van der Waals surface area contributed by atoms with Gasteiger partial charge in [0.1, 0.15) is 18.0 Å². The number of hydrogen-bond donors (Lipinski definition) is 2. The van der Waals surface area contributed by atoms with Crippen molar-refractivity contribution in [2.24, 2.45) is 5.16 Å². The Hall–Kier alpha value is -4.25. The summed E-state index contributed by atoms with van der Waals surface area (Å²) in [4.78, 5) is 61.3. The highest BCUT2D eigenvalue weighted by atomic mass is 16.6. The summed E-state index contributed by atoms with van der Waals surface area (Å²) in [5.74, 6) is -0.983.